The number of rotatable bonds is 6. The zero-order valence-electron chi connectivity index (χ0n) is 13.9. The normalized spacial score (nSPS) is 11.3. The van der Waals surface area contributed by atoms with Crippen molar-refractivity contribution in [1.82, 2.24) is 4.90 Å². The predicted octanol–water partition coefficient (Wildman–Crippen LogP) is 2.30. The molecule has 0 aliphatic rings. The van der Waals surface area contributed by atoms with Crippen LogP contribution in [0.2, 0.25) is 0 Å². The number of hydrogen-bond acceptors (Lipinski definition) is 4. The Morgan fingerprint density at radius 3 is 2.17 bits per heavy atom. The van der Waals surface area contributed by atoms with Crippen LogP contribution in [0, 0.1) is 6.92 Å². The summed E-state index contributed by atoms with van der Waals surface area (Å²) in [6.07, 6.45) is 0. The average molecular weight is 347 g/mol. The summed E-state index contributed by atoms with van der Waals surface area (Å²) < 4.78 is 27.5. The number of anilines is 2. The number of hydrogen-bond donors (Lipinski definition) is 2. The number of carbonyl (C=O) groups is 1. The molecule has 0 aliphatic heterocycles. The minimum atomic E-state index is -3.72. The number of amides is 1. The molecule has 0 saturated carbocycles. The highest BCUT2D eigenvalue weighted by molar-refractivity contribution is 7.92. The molecule has 0 spiro atoms. The van der Waals surface area contributed by atoms with Crippen molar-refractivity contribution in [2.24, 2.45) is 0 Å². The molecule has 2 N–H and O–H groups in total. The number of likely N-dealkylation sites (N-methyl/N-ethyl adjacent to an activating group) is 1. The second-order valence-electron chi connectivity index (χ2n) is 5.75. The van der Waals surface area contributed by atoms with E-state index in [1.165, 1.54) is 0 Å². The van der Waals surface area contributed by atoms with Crippen LogP contribution in [0.5, 0.6) is 0 Å². The molecule has 0 heterocycles. The zero-order chi connectivity index (χ0) is 17.7. The molecular formula is C17H21N3O3S. The third-order valence-electron chi connectivity index (χ3n) is 3.24. The molecule has 2 aromatic rings. The molecular weight excluding hydrogens is 326 g/mol. The van der Waals surface area contributed by atoms with E-state index in [2.05, 4.69) is 10.0 Å². The summed E-state index contributed by atoms with van der Waals surface area (Å²) in [5, 5.41) is 2.72. The van der Waals surface area contributed by atoms with Gasteiger partial charge in [-0.3, -0.25) is 9.52 Å². The van der Waals surface area contributed by atoms with Crippen LogP contribution in [0.3, 0.4) is 0 Å². The SMILES string of the molecule is Cc1ccc(S(=O)(=O)Nc2ccccc2NC(=O)CN(C)C)cc1. The van der Waals surface area contributed by atoms with Crippen molar-refractivity contribution in [2.75, 3.05) is 30.7 Å². The molecule has 1 amide bonds. The van der Waals surface area contributed by atoms with Crippen LogP contribution in [0.25, 0.3) is 0 Å². The summed E-state index contributed by atoms with van der Waals surface area (Å²) >= 11 is 0. The number of nitrogens with one attached hydrogen (secondary N) is 2. The van der Waals surface area contributed by atoms with E-state index in [9.17, 15) is 13.2 Å². The maximum atomic E-state index is 12.5. The van der Waals surface area contributed by atoms with Crippen LogP contribution in [-0.4, -0.2) is 39.9 Å². The lowest BCUT2D eigenvalue weighted by atomic mass is 10.2. The summed E-state index contributed by atoms with van der Waals surface area (Å²) in [6.45, 7) is 2.10. The number of para-hydroxylation sites is 2. The maximum Gasteiger partial charge on any atom is 0.261 e. The van der Waals surface area contributed by atoms with E-state index >= 15 is 0 Å². The van der Waals surface area contributed by atoms with Crippen molar-refractivity contribution in [1.29, 1.82) is 0 Å². The molecule has 6 nitrogen and oxygen atoms in total. The molecule has 2 rings (SSSR count). The second-order valence-corrected chi connectivity index (χ2v) is 7.43. The molecule has 0 aliphatic carbocycles. The van der Waals surface area contributed by atoms with Gasteiger partial charge >= 0.3 is 0 Å². The van der Waals surface area contributed by atoms with Crippen LogP contribution in [0.1, 0.15) is 5.56 Å². The Morgan fingerprint density at radius 2 is 1.58 bits per heavy atom. The van der Waals surface area contributed by atoms with Crippen molar-refractivity contribution >= 4 is 27.3 Å². The van der Waals surface area contributed by atoms with E-state index in [1.54, 1.807) is 67.5 Å². The highest BCUT2D eigenvalue weighted by atomic mass is 32.2. The van der Waals surface area contributed by atoms with Gasteiger partial charge in [-0.15, -0.1) is 0 Å². The van der Waals surface area contributed by atoms with Gasteiger partial charge in [-0.2, -0.15) is 0 Å². The van der Waals surface area contributed by atoms with Gasteiger partial charge < -0.3 is 10.2 Å². The van der Waals surface area contributed by atoms with E-state index < -0.39 is 10.0 Å². The first-order chi connectivity index (χ1) is 11.3. The molecule has 128 valence electrons. The minimum Gasteiger partial charge on any atom is -0.323 e. The highest BCUT2D eigenvalue weighted by Crippen LogP contribution is 2.24. The molecule has 2 aromatic carbocycles. The monoisotopic (exact) mass is 347 g/mol. The Hall–Kier alpha value is -2.38. The lowest BCUT2D eigenvalue weighted by Crippen LogP contribution is -2.27. The molecule has 0 unspecified atom stereocenters. The van der Waals surface area contributed by atoms with Crippen LogP contribution in [0.15, 0.2) is 53.4 Å². The standard InChI is InChI=1S/C17H21N3O3S/c1-13-8-10-14(11-9-13)24(22,23)19-16-7-5-4-6-15(16)18-17(21)12-20(2)3/h4-11,19H,12H2,1-3H3,(H,18,21). The average Bonchev–Trinajstić information content (AvgIpc) is 2.48. The van der Waals surface area contributed by atoms with Gasteiger partial charge in [0.2, 0.25) is 5.91 Å². The van der Waals surface area contributed by atoms with Gasteiger partial charge in [0, 0.05) is 0 Å². The molecule has 7 heteroatoms. The summed E-state index contributed by atoms with van der Waals surface area (Å²) in [5.41, 5.74) is 1.72. The van der Waals surface area contributed by atoms with Crippen molar-refractivity contribution < 1.29 is 13.2 Å². The first kappa shape index (κ1) is 18.0. The van der Waals surface area contributed by atoms with Crippen molar-refractivity contribution in [3.05, 3.63) is 54.1 Å². The number of aryl methyl sites for hydroxylation is 1. The molecule has 0 bridgehead atoms. The molecule has 0 atom stereocenters. The fraction of sp³-hybridized carbons (Fsp3) is 0.235. The van der Waals surface area contributed by atoms with Crippen LogP contribution < -0.4 is 10.0 Å². The summed E-state index contributed by atoms with van der Waals surface area (Å²) in [5.74, 6) is -0.220. The lowest BCUT2D eigenvalue weighted by molar-refractivity contribution is -0.116. The van der Waals surface area contributed by atoms with Gasteiger partial charge in [-0.05, 0) is 45.3 Å². The van der Waals surface area contributed by atoms with Gasteiger partial charge in [0.1, 0.15) is 0 Å². The zero-order valence-corrected chi connectivity index (χ0v) is 14.7. The van der Waals surface area contributed by atoms with Crippen molar-refractivity contribution in [3.63, 3.8) is 0 Å². The third kappa shape index (κ3) is 4.81. The molecule has 0 radical (unpaired) electrons. The Kier molecular flexibility index (Phi) is 5.58. The number of carbonyl (C=O) groups excluding carboxylic acids is 1. The van der Waals surface area contributed by atoms with Gasteiger partial charge in [0.15, 0.2) is 0 Å². The summed E-state index contributed by atoms with van der Waals surface area (Å²) in [6, 6.07) is 13.3. The van der Waals surface area contributed by atoms with E-state index in [0.717, 1.165) is 5.56 Å². The van der Waals surface area contributed by atoms with Gasteiger partial charge in [0.05, 0.1) is 22.8 Å². The smallest absolute Gasteiger partial charge is 0.261 e. The fourth-order valence-corrected chi connectivity index (χ4v) is 3.16. The quantitative estimate of drug-likeness (QED) is 0.840. The largest absolute Gasteiger partial charge is 0.323 e. The van der Waals surface area contributed by atoms with Crippen molar-refractivity contribution in [3.8, 4) is 0 Å². The first-order valence-corrected chi connectivity index (χ1v) is 8.89. The maximum absolute atomic E-state index is 12.5. The number of benzene rings is 2. The van der Waals surface area contributed by atoms with E-state index in [4.69, 9.17) is 0 Å². The van der Waals surface area contributed by atoms with E-state index in [-0.39, 0.29) is 17.3 Å². The fourth-order valence-electron chi connectivity index (χ4n) is 2.08. The Morgan fingerprint density at radius 1 is 1.00 bits per heavy atom. The van der Waals surface area contributed by atoms with E-state index in [1.807, 2.05) is 6.92 Å². The second kappa shape index (κ2) is 7.46. The predicted molar refractivity (Wildman–Crippen MR) is 95.6 cm³/mol. The van der Waals surface area contributed by atoms with Crippen LogP contribution in [-0.2, 0) is 14.8 Å². The summed E-state index contributed by atoms with van der Waals surface area (Å²) in [7, 11) is -0.157. The molecule has 0 aromatic heterocycles. The third-order valence-corrected chi connectivity index (χ3v) is 4.62. The van der Waals surface area contributed by atoms with Crippen LogP contribution >= 0.6 is 0 Å². The van der Waals surface area contributed by atoms with Gasteiger partial charge in [0.25, 0.3) is 10.0 Å². The Bertz CT molecular complexity index is 815. The molecule has 0 saturated heterocycles. The lowest BCUT2D eigenvalue weighted by Gasteiger charge is -2.15. The van der Waals surface area contributed by atoms with Gasteiger partial charge in [-0.25, -0.2) is 8.42 Å². The molecule has 24 heavy (non-hydrogen) atoms. The van der Waals surface area contributed by atoms with E-state index in [0.29, 0.717) is 11.4 Å². The topological polar surface area (TPSA) is 78.5 Å². The number of sulfonamides is 1. The Labute approximate surface area is 142 Å². The van der Waals surface area contributed by atoms with Gasteiger partial charge in [-0.1, -0.05) is 29.8 Å². The minimum absolute atomic E-state index is 0.169. The number of nitrogens with zero attached hydrogens (tertiary/aromatic N) is 1. The highest BCUT2D eigenvalue weighted by Gasteiger charge is 2.16. The molecule has 0 fully saturated rings. The Balaban J connectivity index is 2.23. The van der Waals surface area contributed by atoms with Crippen LogP contribution in [0.4, 0.5) is 11.4 Å². The van der Waals surface area contributed by atoms with Crippen molar-refractivity contribution in [2.45, 2.75) is 11.8 Å². The summed E-state index contributed by atoms with van der Waals surface area (Å²) in [4.78, 5) is 13.8. The first-order valence-electron chi connectivity index (χ1n) is 7.41.